The average Bonchev–Trinajstić information content (AvgIpc) is 3.28. The lowest BCUT2D eigenvalue weighted by Gasteiger charge is -2.15. The lowest BCUT2D eigenvalue weighted by atomic mass is 9.97. The van der Waals surface area contributed by atoms with Crippen LogP contribution in [0.4, 0.5) is 26.3 Å². The number of halogens is 6. The Kier molecular flexibility index (Phi) is 5.57. The van der Waals surface area contributed by atoms with E-state index in [1.807, 2.05) is 6.07 Å². The summed E-state index contributed by atoms with van der Waals surface area (Å²) in [4.78, 5) is 16.9. The quantitative estimate of drug-likeness (QED) is 0.310. The molecule has 0 radical (unpaired) electrons. The molecule has 168 valence electrons. The van der Waals surface area contributed by atoms with Gasteiger partial charge in [-0.05, 0) is 53.6 Å². The van der Waals surface area contributed by atoms with Gasteiger partial charge in [0.15, 0.2) is 0 Å². The molecule has 0 saturated carbocycles. The molecule has 2 aromatic carbocycles. The zero-order valence-corrected chi connectivity index (χ0v) is 16.7. The number of benzene rings is 2. The number of alkyl halides is 6. The number of carbonyl (C=O) groups is 1. The van der Waals surface area contributed by atoms with Crippen LogP contribution < -0.4 is 0 Å². The Labute approximate surface area is 183 Å². The van der Waals surface area contributed by atoms with Crippen LogP contribution in [0.1, 0.15) is 21.5 Å². The van der Waals surface area contributed by atoms with Crippen molar-refractivity contribution in [2.45, 2.75) is 12.4 Å². The van der Waals surface area contributed by atoms with Gasteiger partial charge in [0.25, 0.3) is 5.91 Å². The van der Waals surface area contributed by atoms with Crippen molar-refractivity contribution in [3.8, 4) is 22.3 Å². The van der Waals surface area contributed by atoms with Crippen molar-refractivity contribution in [1.29, 1.82) is 0 Å². The smallest absolute Gasteiger partial charge is 0.290 e. The highest BCUT2D eigenvalue weighted by molar-refractivity contribution is 5.97. The van der Waals surface area contributed by atoms with E-state index in [9.17, 15) is 31.1 Å². The maximum atomic E-state index is 13.2. The molecular weight excluding hydrogens is 446 g/mol. The fraction of sp³-hybridized carbons (Fsp3) is 0.0833. The van der Waals surface area contributed by atoms with Gasteiger partial charge in [-0.15, -0.1) is 0 Å². The van der Waals surface area contributed by atoms with Gasteiger partial charge in [-0.3, -0.25) is 14.3 Å². The summed E-state index contributed by atoms with van der Waals surface area (Å²) in [7, 11) is 0. The van der Waals surface area contributed by atoms with Crippen molar-refractivity contribution < 1.29 is 31.1 Å². The first-order valence-corrected chi connectivity index (χ1v) is 9.55. The van der Waals surface area contributed by atoms with Crippen molar-refractivity contribution >= 4 is 5.91 Å². The Morgan fingerprint density at radius 2 is 1.39 bits per heavy atom. The highest BCUT2D eigenvalue weighted by Crippen LogP contribution is 2.38. The largest absolute Gasteiger partial charge is 0.416 e. The summed E-state index contributed by atoms with van der Waals surface area (Å²) in [5, 5.41) is 0. The van der Waals surface area contributed by atoms with Crippen molar-refractivity contribution in [3.63, 3.8) is 0 Å². The second-order valence-corrected chi connectivity index (χ2v) is 7.23. The maximum absolute atomic E-state index is 13.2. The predicted octanol–water partition coefficient (Wildman–Crippen LogP) is 6.94. The molecule has 0 aliphatic carbocycles. The van der Waals surface area contributed by atoms with Gasteiger partial charge in [-0.1, -0.05) is 18.2 Å². The molecule has 4 rings (SSSR count). The Bertz CT molecular complexity index is 1270. The van der Waals surface area contributed by atoms with Gasteiger partial charge < -0.3 is 0 Å². The normalized spacial score (nSPS) is 12.1. The zero-order chi connectivity index (χ0) is 23.8. The molecule has 2 heterocycles. The van der Waals surface area contributed by atoms with Gasteiger partial charge >= 0.3 is 12.4 Å². The number of aromatic nitrogens is 2. The number of carbonyl (C=O) groups excluding carboxylic acids is 1. The SMILES string of the molecule is O=C(c1cccc(-c2cc(C(F)(F)F)cc(C(F)(F)F)c2)c1)n1ccc(-c2cccnc2)c1. The Hall–Kier alpha value is -3.88. The van der Waals surface area contributed by atoms with Gasteiger partial charge in [-0.2, -0.15) is 26.3 Å². The van der Waals surface area contributed by atoms with Crippen molar-refractivity contribution in [3.05, 3.63) is 102 Å². The number of hydrogen-bond acceptors (Lipinski definition) is 2. The summed E-state index contributed by atoms with van der Waals surface area (Å²) in [5.74, 6) is -0.491. The van der Waals surface area contributed by atoms with Crippen LogP contribution in [0.5, 0.6) is 0 Å². The van der Waals surface area contributed by atoms with Crippen LogP contribution in [0.2, 0.25) is 0 Å². The van der Waals surface area contributed by atoms with Crippen LogP contribution >= 0.6 is 0 Å². The first-order chi connectivity index (χ1) is 15.5. The molecule has 4 aromatic rings. The monoisotopic (exact) mass is 460 g/mol. The van der Waals surface area contributed by atoms with Crippen molar-refractivity contribution in [2.24, 2.45) is 0 Å². The van der Waals surface area contributed by atoms with E-state index in [4.69, 9.17) is 0 Å². The topological polar surface area (TPSA) is 34.9 Å². The summed E-state index contributed by atoms with van der Waals surface area (Å²) >= 11 is 0. The Balaban J connectivity index is 1.72. The second kappa shape index (κ2) is 8.23. The molecule has 3 nitrogen and oxygen atoms in total. The number of hydrogen-bond donors (Lipinski definition) is 0. The molecule has 0 amide bonds. The second-order valence-electron chi connectivity index (χ2n) is 7.23. The van der Waals surface area contributed by atoms with Crippen molar-refractivity contribution in [2.75, 3.05) is 0 Å². The highest BCUT2D eigenvalue weighted by Gasteiger charge is 2.37. The minimum Gasteiger partial charge on any atom is -0.290 e. The van der Waals surface area contributed by atoms with E-state index in [1.165, 1.54) is 35.0 Å². The van der Waals surface area contributed by atoms with E-state index in [-0.39, 0.29) is 22.8 Å². The van der Waals surface area contributed by atoms with Gasteiger partial charge in [0.05, 0.1) is 11.1 Å². The molecule has 0 bridgehead atoms. The minimum absolute atomic E-state index is 0.0529. The molecule has 0 fully saturated rings. The molecule has 33 heavy (non-hydrogen) atoms. The summed E-state index contributed by atoms with van der Waals surface area (Å²) in [6, 6.07) is 12.0. The summed E-state index contributed by atoms with van der Waals surface area (Å²) in [5.41, 5.74) is -1.48. The third-order valence-electron chi connectivity index (χ3n) is 4.95. The third-order valence-corrected chi connectivity index (χ3v) is 4.95. The van der Waals surface area contributed by atoms with E-state index >= 15 is 0 Å². The van der Waals surface area contributed by atoms with Crippen LogP contribution in [0, 0.1) is 0 Å². The first kappa shape index (κ1) is 22.3. The first-order valence-electron chi connectivity index (χ1n) is 9.55. The molecule has 2 aromatic heterocycles. The van der Waals surface area contributed by atoms with Crippen LogP contribution in [-0.4, -0.2) is 15.5 Å². The van der Waals surface area contributed by atoms with E-state index in [0.29, 0.717) is 12.1 Å². The molecule has 9 heteroatoms. The predicted molar refractivity (Wildman–Crippen MR) is 109 cm³/mol. The molecular formula is C24H14F6N2O. The molecule has 0 unspecified atom stereocenters. The van der Waals surface area contributed by atoms with Crippen LogP contribution in [-0.2, 0) is 12.4 Å². The molecule has 0 atom stereocenters. The van der Waals surface area contributed by atoms with Gasteiger partial charge in [0, 0.05) is 41.5 Å². The van der Waals surface area contributed by atoms with Gasteiger partial charge in [0.2, 0.25) is 0 Å². The summed E-state index contributed by atoms with van der Waals surface area (Å²) < 4.78 is 80.4. The van der Waals surface area contributed by atoms with Crippen LogP contribution in [0.3, 0.4) is 0 Å². The lowest BCUT2D eigenvalue weighted by Crippen LogP contribution is -2.11. The fourth-order valence-corrected chi connectivity index (χ4v) is 3.33. The summed E-state index contributed by atoms with van der Waals surface area (Å²) in [6.07, 6.45) is -3.61. The standard InChI is InChI=1S/C24H14F6N2O/c25-23(26,27)20-10-19(11-21(12-20)24(28,29)30)15-3-1-4-16(9-15)22(33)32-8-6-18(14-32)17-5-2-7-31-13-17/h1-14H. The van der Waals surface area contributed by atoms with E-state index in [2.05, 4.69) is 4.98 Å². The Morgan fingerprint density at radius 1 is 0.727 bits per heavy atom. The van der Waals surface area contributed by atoms with E-state index in [1.54, 1.807) is 30.7 Å². The molecule has 0 spiro atoms. The summed E-state index contributed by atoms with van der Waals surface area (Å²) in [6.45, 7) is 0. The van der Waals surface area contributed by atoms with Crippen LogP contribution in [0.25, 0.3) is 22.3 Å². The van der Waals surface area contributed by atoms with Crippen molar-refractivity contribution in [1.82, 2.24) is 9.55 Å². The third kappa shape index (κ3) is 4.82. The molecule has 0 saturated heterocycles. The number of rotatable bonds is 3. The minimum atomic E-state index is -4.96. The fourth-order valence-electron chi connectivity index (χ4n) is 3.33. The lowest BCUT2D eigenvalue weighted by molar-refractivity contribution is -0.143. The van der Waals surface area contributed by atoms with E-state index < -0.39 is 29.4 Å². The number of pyridine rings is 1. The van der Waals surface area contributed by atoms with E-state index in [0.717, 1.165) is 11.1 Å². The van der Waals surface area contributed by atoms with Gasteiger partial charge in [-0.25, -0.2) is 0 Å². The van der Waals surface area contributed by atoms with Crippen LogP contribution in [0.15, 0.2) is 85.5 Å². The number of nitrogens with zero attached hydrogens (tertiary/aromatic N) is 2. The average molecular weight is 460 g/mol. The Morgan fingerprint density at radius 3 is 2.00 bits per heavy atom. The molecule has 0 aliphatic rings. The molecule has 0 aliphatic heterocycles. The zero-order valence-electron chi connectivity index (χ0n) is 16.7. The molecule has 0 N–H and O–H groups in total. The van der Waals surface area contributed by atoms with Gasteiger partial charge in [0.1, 0.15) is 0 Å². The maximum Gasteiger partial charge on any atom is 0.416 e. The highest BCUT2D eigenvalue weighted by atomic mass is 19.4.